The average molecular weight is 203 g/mol. The maximum absolute atomic E-state index is 2.61. The minimum atomic E-state index is 0.770. The van der Waals surface area contributed by atoms with E-state index < -0.39 is 0 Å². The fraction of sp³-hybridized carbons (Fsp3) is 0.571. The zero-order valence-electron chi connectivity index (χ0n) is 9.65. The zero-order valence-corrected chi connectivity index (χ0v) is 9.65. The largest absolute Gasteiger partial charge is 0.303 e. The second-order valence-electron chi connectivity index (χ2n) is 4.55. The van der Waals surface area contributed by atoms with Gasteiger partial charge in [-0.3, -0.25) is 0 Å². The van der Waals surface area contributed by atoms with E-state index in [1.54, 1.807) is 0 Å². The first kappa shape index (κ1) is 10.7. The minimum absolute atomic E-state index is 0.770. The Balaban J connectivity index is 1.98. The fourth-order valence-electron chi connectivity index (χ4n) is 2.57. The highest BCUT2D eigenvalue weighted by atomic mass is 15.1. The Kier molecular flexibility index (Phi) is 3.79. The van der Waals surface area contributed by atoms with Crippen molar-refractivity contribution in [1.82, 2.24) is 4.90 Å². The maximum Gasteiger partial charge on any atom is 0.00503 e. The summed E-state index contributed by atoms with van der Waals surface area (Å²) in [5.74, 6) is 0.770. The van der Waals surface area contributed by atoms with Crippen molar-refractivity contribution in [2.75, 3.05) is 19.6 Å². The second-order valence-corrected chi connectivity index (χ2v) is 4.55. The molecular formula is C14H21N. The molecule has 1 nitrogen and oxygen atoms in total. The molecule has 1 heteroatoms. The van der Waals surface area contributed by atoms with Crippen molar-refractivity contribution in [3.05, 3.63) is 35.9 Å². The number of likely N-dealkylation sites (tertiary alicyclic amines) is 1. The highest BCUT2D eigenvalue weighted by molar-refractivity contribution is 5.20. The van der Waals surface area contributed by atoms with E-state index in [2.05, 4.69) is 42.2 Å². The van der Waals surface area contributed by atoms with Crippen molar-refractivity contribution in [2.45, 2.75) is 32.1 Å². The molecule has 0 radical (unpaired) electrons. The number of rotatable bonds is 3. The van der Waals surface area contributed by atoms with E-state index >= 15 is 0 Å². The normalized spacial score (nSPS) is 22.9. The lowest BCUT2D eigenvalue weighted by Crippen LogP contribution is -2.34. The minimum Gasteiger partial charge on any atom is -0.303 e. The molecule has 0 N–H and O–H groups in total. The van der Waals surface area contributed by atoms with Crippen molar-refractivity contribution >= 4 is 0 Å². The third-order valence-corrected chi connectivity index (χ3v) is 3.32. The molecule has 1 aliphatic rings. The van der Waals surface area contributed by atoms with Crippen LogP contribution in [-0.4, -0.2) is 24.5 Å². The predicted molar refractivity (Wildman–Crippen MR) is 65.1 cm³/mol. The number of hydrogen-bond acceptors (Lipinski definition) is 1. The standard InChI is InChI=1S/C14H21N/c1-2-10-15-11-6-9-14(12-15)13-7-4-3-5-8-13/h3-5,7-8,14H,2,6,9-12H2,1H3/t14-/m1/s1. The van der Waals surface area contributed by atoms with Gasteiger partial charge in [-0.2, -0.15) is 0 Å². The summed E-state index contributed by atoms with van der Waals surface area (Å²) in [5, 5.41) is 0. The lowest BCUT2D eigenvalue weighted by molar-refractivity contribution is 0.208. The number of piperidine rings is 1. The summed E-state index contributed by atoms with van der Waals surface area (Å²) in [4.78, 5) is 2.61. The van der Waals surface area contributed by atoms with Gasteiger partial charge in [0, 0.05) is 6.54 Å². The van der Waals surface area contributed by atoms with Crippen molar-refractivity contribution in [2.24, 2.45) is 0 Å². The van der Waals surface area contributed by atoms with Crippen LogP contribution in [-0.2, 0) is 0 Å². The molecule has 82 valence electrons. The molecule has 0 saturated carbocycles. The second kappa shape index (κ2) is 5.32. The van der Waals surface area contributed by atoms with Crippen molar-refractivity contribution in [3.63, 3.8) is 0 Å². The Morgan fingerprint density at radius 3 is 2.80 bits per heavy atom. The summed E-state index contributed by atoms with van der Waals surface area (Å²) >= 11 is 0. The summed E-state index contributed by atoms with van der Waals surface area (Å²) in [5.41, 5.74) is 1.53. The van der Waals surface area contributed by atoms with Crippen molar-refractivity contribution in [3.8, 4) is 0 Å². The molecule has 1 saturated heterocycles. The van der Waals surface area contributed by atoms with E-state index in [9.17, 15) is 0 Å². The molecule has 1 fully saturated rings. The average Bonchev–Trinajstić information content (AvgIpc) is 2.31. The highest BCUT2D eigenvalue weighted by Gasteiger charge is 2.19. The van der Waals surface area contributed by atoms with Crippen molar-refractivity contribution in [1.29, 1.82) is 0 Å². The first-order valence-electron chi connectivity index (χ1n) is 6.17. The summed E-state index contributed by atoms with van der Waals surface area (Å²) in [6.45, 7) is 6.10. The molecule has 0 aliphatic carbocycles. The fourth-order valence-corrected chi connectivity index (χ4v) is 2.57. The van der Waals surface area contributed by atoms with Crippen LogP contribution in [0, 0.1) is 0 Å². The summed E-state index contributed by atoms with van der Waals surface area (Å²) < 4.78 is 0. The van der Waals surface area contributed by atoms with Gasteiger partial charge in [0.1, 0.15) is 0 Å². The molecule has 1 heterocycles. The van der Waals surface area contributed by atoms with E-state index in [4.69, 9.17) is 0 Å². The molecule has 0 amide bonds. The van der Waals surface area contributed by atoms with Crippen LogP contribution in [0.5, 0.6) is 0 Å². The summed E-state index contributed by atoms with van der Waals surface area (Å²) in [7, 11) is 0. The number of hydrogen-bond donors (Lipinski definition) is 0. The lowest BCUT2D eigenvalue weighted by atomic mass is 9.91. The van der Waals surface area contributed by atoms with Crippen LogP contribution in [0.3, 0.4) is 0 Å². The van der Waals surface area contributed by atoms with Crippen LogP contribution in [0.25, 0.3) is 0 Å². The van der Waals surface area contributed by atoms with Crippen LogP contribution in [0.4, 0.5) is 0 Å². The Morgan fingerprint density at radius 2 is 2.07 bits per heavy atom. The van der Waals surface area contributed by atoms with E-state index in [-0.39, 0.29) is 0 Å². The molecule has 1 atom stereocenters. The van der Waals surface area contributed by atoms with Crippen LogP contribution < -0.4 is 0 Å². The molecule has 2 rings (SSSR count). The molecule has 0 bridgehead atoms. The third kappa shape index (κ3) is 2.82. The molecule has 1 aliphatic heterocycles. The molecule has 1 aromatic carbocycles. The first-order chi connectivity index (χ1) is 7.40. The molecule has 0 aromatic heterocycles. The Morgan fingerprint density at radius 1 is 1.27 bits per heavy atom. The monoisotopic (exact) mass is 203 g/mol. The summed E-state index contributed by atoms with van der Waals surface area (Å²) in [6, 6.07) is 11.0. The zero-order chi connectivity index (χ0) is 10.5. The number of benzene rings is 1. The van der Waals surface area contributed by atoms with Gasteiger partial charge in [-0.1, -0.05) is 37.3 Å². The number of nitrogens with zero attached hydrogens (tertiary/aromatic N) is 1. The highest BCUT2D eigenvalue weighted by Crippen LogP contribution is 2.26. The maximum atomic E-state index is 2.61. The van der Waals surface area contributed by atoms with Gasteiger partial charge < -0.3 is 4.90 Å². The summed E-state index contributed by atoms with van der Waals surface area (Å²) in [6.07, 6.45) is 4.01. The molecule has 0 unspecified atom stereocenters. The van der Waals surface area contributed by atoms with E-state index in [0.717, 1.165) is 5.92 Å². The molecule has 0 spiro atoms. The van der Waals surface area contributed by atoms with Gasteiger partial charge in [-0.05, 0) is 43.8 Å². The molecule has 1 aromatic rings. The van der Waals surface area contributed by atoms with Gasteiger partial charge in [0.2, 0.25) is 0 Å². The van der Waals surface area contributed by atoms with E-state index in [1.807, 2.05) is 0 Å². The van der Waals surface area contributed by atoms with E-state index in [1.165, 1.54) is 44.5 Å². The van der Waals surface area contributed by atoms with Gasteiger partial charge in [-0.25, -0.2) is 0 Å². The predicted octanol–water partition coefficient (Wildman–Crippen LogP) is 3.28. The molecule has 15 heavy (non-hydrogen) atoms. The van der Waals surface area contributed by atoms with Gasteiger partial charge in [-0.15, -0.1) is 0 Å². The lowest BCUT2D eigenvalue weighted by Gasteiger charge is -2.32. The van der Waals surface area contributed by atoms with Gasteiger partial charge in [0.25, 0.3) is 0 Å². The van der Waals surface area contributed by atoms with Gasteiger partial charge in [0.05, 0.1) is 0 Å². The molecular weight excluding hydrogens is 182 g/mol. The Hall–Kier alpha value is -0.820. The van der Waals surface area contributed by atoms with Crippen LogP contribution >= 0.6 is 0 Å². The van der Waals surface area contributed by atoms with Gasteiger partial charge >= 0.3 is 0 Å². The Bertz CT molecular complexity index is 279. The first-order valence-corrected chi connectivity index (χ1v) is 6.17. The van der Waals surface area contributed by atoms with Crippen molar-refractivity contribution < 1.29 is 0 Å². The van der Waals surface area contributed by atoms with Crippen LogP contribution in [0.15, 0.2) is 30.3 Å². The van der Waals surface area contributed by atoms with Crippen LogP contribution in [0.2, 0.25) is 0 Å². The third-order valence-electron chi connectivity index (χ3n) is 3.32. The van der Waals surface area contributed by atoms with Crippen LogP contribution in [0.1, 0.15) is 37.7 Å². The van der Waals surface area contributed by atoms with E-state index in [0.29, 0.717) is 0 Å². The SMILES string of the molecule is CCCN1CCC[C@@H](c2ccccc2)C1. The smallest absolute Gasteiger partial charge is 0.00503 e. The Labute approximate surface area is 93.1 Å². The topological polar surface area (TPSA) is 3.24 Å². The quantitative estimate of drug-likeness (QED) is 0.728. The van der Waals surface area contributed by atoms with Gasteiger partial charge in [0.15, 0.2) is 0 Å².